The Hall–Kier alpha value is -2.04. The number of carbonyl (C=O) groups excluding carboxylic acids is 1. The number of hydrogen-bond donors (Lipinski definition) is 2. The Morgan fingerprint density at radius 3 is 2.68 bits per heavy atom. The Morgan fingerprint density at radius 1 is 1.32 bits per heavy atom. The molecule has 1 aromatic heterocycles. The van der Waals surface area contributed by atoms with Crippen molar-refractivity contribution in [3.8, 4) is 0 Å². The van der Waals surface area contributed by atoms with Gasteiger partial charge in [0.1, 0.15) is 0 Å². The standard InChI is InChI=1S/C14H15NO4/c16-13(15-6-8-3-4-19-7-8)11-9-1-2-10(5-9)12(11)14(17)18/h1-4,7,9-12H,5-6H2,(H,15,16)(H,17,18)/t9?,10?,11-,12+/m0/s1. The minimum atomic E-state index is -0.875. The maximum Gasteiger partial charge on any atom is 0.307 e. The normalized spacial score (nSPS) is 31.6. The van der Waals surface area contributed by atoms with Gasteiger partial charge in [0.05, 0.1) is 24.4 Å². The first-order chi connectivity index (χ1) is 9.16. The van der Waals surface area contributed by atoms with E-state index in [1.807, 2.05) is 12.2 Å². The molecule has 1 fully saturated rings. The predicted octanol–water partition coefficient (Wildman–Crippen LogP) is 1.42. The number of fused-ring (bicyclic) bond motifs is 2. The first-order valence-electron chi connectivity index (χ1n) is 6.36. The SMILES string of the molecule is O=C(O)[C@@H]1C2C=CC(C2)[C@@H]1C(=O)NCc1ccoc1. The van der Waals surface area contributed by atoms with E-state index in [1.54, 1.807) is 18.6 Å². The number of rotatable bonds is 4. The highest BCUT2D eigenvalue weighted by molar-refractivity contribution is 5.86. The fourth-order valence-electron chi connectivity index (χ4n) is 3.22. The molecule has 0 saturated heterocycles. The summed E-state index contributed by atoms with van der Waals surface area (Å²) in [6, 6.07) is 1.77. The fourth-order valence-corrected chi connectivity index (χ4v) is 3.22. The van der Waals surface area contributed by atoms with Crippen LogP contribution in [0.3, 0.4) is 0 Å². The van der Waals surface area contributed by atoms with Crippen molar-refractivity contribution < 1.29 is 19.1 Å². The lowest BCUT2D eigenvalue weighted by Gasteiger charge is -2.23. The zero-order valence-corrected chi connectivity index (χ0v) is 10.3. The molecule has 2 aliphatic rings. The summed E-state index contributed by atoms with van der Waals surface area (Å²) in [5, 5.41) is 12.1. The number of carboxylic acid groups (broad SMARTS) is 1. The average Bonchev–Trinajstić information content (AvgIpc) is 3.10. The van der Waals surface area contributed by atoms with Gasteiger partial charge in [0, 0.05) is 12.1 Å². The smallest absolute Gasteiger partial charge is 0.307 e. The molecule has 3 rings (SSSR count). The molecule has 2 bridgehead atoms. The van der Waals surface area contributed by atoms with Gasteiger partial charge in [-0.05, 0) is 24.3 Å². The molecule has 1 aromatic rings. The van der Waals surface area contributed by atoms with Crippen molar-refractivity contribution in [2.75, 3.05) is 0 Å². The quantitative estimate of drug-likeness (QED) is 0.803. The molecule has 0 aromatic carbocycles. The predicted molar refractivity (Wildman–Crippen MR) is 65.9 cm³/mol. The molecule has 2 unspecified atom stereocenters. The molecule has 1 heterocycles. The second-order valence-electron chi connectivity index (χ2n) is 5.19. The minimum absolute atomic E-state index is 0.00664. The van der Waals surface area contributed by atoms with E-state index in [-0.39, 0.29) is 17.7 Å². The van der Waals surface area contributed by atoms with Crippen LogP contribution in [0, 0.1) is 23.7 Å². The second kappa shape index (κ2) is 4.57. The van der Waals surface area contributed by atoms with Crippen molar-refractivity contribution in [1.82, 2.24) is 5.32 Å². The van der Waals surface area contributed by atoms with Crippen LogP contribution >= 0.6 is 0 Å². The summed E-state index contributed by atoms with van der Waals surface area (Å²) in [6.45, 7) is 0.374. The Kier molecular flexibility index (Phi) is 2.89. The van der Waals surface area contributed by atoms with Crippen LogP contribution < -0.4 is 5.32 Å². The third kappa shape index (κ3) is 2.05. The van der Waals surface area contributed by atoms with Gasteiger partial charge < -0.3 is 14.8 Å². The number of amides is 1. The van der Waals surface area contributed by atoms with Crippen LogP contribution in [0.4, 0.5) is 0 Å². The number of aliphatic carboxylic acids is 1. The van der Waals surface area contributed by atoms with Gasteiger partial charge in [-0.1, -0.05) is 12.2 Å². The van der Waals surface area contributed by atoms with Gasteiger partial charge in [-0.3, -0.25) is 9.59 Å². The largest absolute Gasteiger partial charge is 0.481 e. The van der Waals surface area contributed by atoms with Crippen molar-refractivity contribution in [2.45, 2.75) is 13.0 Å². The monoisotopic (exact) mass is 261 g/mol. The number of furan rings is 1. The molecule has 19 heavy (non-hydrogen) atoms. The van der Waals surface area contributed by atoms with E-state index in [4.69, 9.17) is 4.42 Å². The van der Waals surface area contributed by atoms with E-state index in [2.05, 4.69) is 5.32 Å². The summed E-state index contributed by atoms with van der Waals surface area (Å²) < 4.78 is 4.92. The van der Waals surface area contributed by atoms with Crippen LogP contribution in [0.25, 0.3) is 0 Å². The van der Waals surface area contributed by atoms with Gasteiger partial charge in [0.25, 0.3) is 0 Å². The fraction of sp³-hybridized carbons (Fsp3) is 0.429. The highest BCUT2D eigenvalue weighted by atomic mass is 16.4. The van der Waals surface area contributed by atoms with E-state index in [9.17, 15) is 14.7 Å². The summed E-state index contributed by atoms with van der Waals surface area (Å²) in [6.07, 6.45) is 7.80. The van der Waals surface area contributed by atoms with Crippen LogP contribution in [-0.4, -0.2) is 17.0 Å². The second-order valence-corrected chi connectivity index (χ2v) is 5.19. The minimum Gasteiger partial charge on any atom is -0.481 e. The maximum absolute atomic E-state index is 12.2. The molecular weight excluding hydrogens is 246 g/mol. The lowest BCUT2D eigenvalue weighted by molar-refractivity contribution is -0.147. The summed E-state index contributed by atoms with van der Waals surface area (Å²) in [5.41, 5.74) is 0.874. The highest BCUT2D eigenvalue weighted by Crippen LogP contribution is 2.48. The molecule has 0 spiro atoms. The van der Waals surface area contributed by atoms with Gasteiger partial charge in [-0.2, -0.15) is 0 Å². The Balaban J connectivity index is 1.68. The Morgan fingerprint density at radius 2 is 2.05 bits per heavy atom. The van der Waals surface area contributed by atoms with Gasteiger partial charge in [-0.25, -0.2) is 0 Å². The molecule has 100 valence electrons. The molecule has 2 N–H and O–H groups in total. The van der Waals surface area contributed by atoms with Crippen molar-refractivity contribution >= 4 is 11.9 Å². The number of nitrogens with one attached hydrogen (secondary N) is 1. The van der Waals surface area contributed by atoms with E-state index in [1.165, 1.54) is 0 Å². The third-order valence-corrected chi connectivity index (χ3v) is 4.09. The number of allylic oxidation sites excluding steroid dienone is 2. The van der Waals surface area contributed by atoms with Crippen LogP contribution in [0.5, 0.6) is 0 Å². The molecule has 5 heteroatoms. The third-order valence-electron chi connectivity index (χ3n) is 4.09. The first kappa shape index (κ1) is 12.0. The van der Waals surface area contributed by atoms with Crippen LogP contribution in [0.2, 0.25) is 0 Å². The summed E-state index contributed by atoms with van der Waals surface area (Å²) in [5.74, 6) is -2.01. The lowest BCUT2D eigenvalue weighted by atomic mass is 9.82. The van der Waals surface area contributed by atoms with E-state index >= 15 is 0 Å². The summed E-state index contributed by atoms with van der Waals surface area (Å²) in [7, 11) is 0. The molecular formula is C14H15NO4. The summed E-state index contributed by atoms with van der Waals surface area (Å²) in [4.78, 5) is 23.5. The Labute approximate surface area is 110 Å². The number of hydrogen-bond acceptors (Lipinski definition) is 3. The summed E-state index contributed by atoms with van der Waals surface area (Å²) >= 11 is 0. The molecule has 5 nitrogen and oxygen atoms in total. The van der Waals surface area contributed by atoms with Crippen molar-refractivity contribution in [2.24, 2.45) is 23.7 Å². The number of carboxylic acids is 1. The molecule has 2 aliphatic carbocycles. The highest BCUT2D eigenvalue weighted by Gasteiger charge is 2.51. The zero-order valence-electron chi connectivity index (χ0n) is 10.3. The number of carbonyl (C=O) groups is 2. The lowest BCUT2D eigenvalue weighted by Crippen LogP contribution is -2.39. The van der Waals surface area contributed by atoms with Crippen molar-refractivity contribution in [1.29, 1.82) is 0 Å². The topological polar surface area (TPSA) is 79.5 Å². The van der Waals surface area contributed by atoms with Crippen LogP contribution in [0.1, 0.15) is 12.0 Å². The first-order valence-corrected chi connectivity index (χ1v) is 6.36. The molecule has 1 saturated carbocycles. The van der Waals surface area contributed by atoms with Crippen LogP contribution in [-0.2, 0) is 16.1 Å². The van der Waals surface area contributed by atoms with Gasteiger partial charge >= 0.3 is 5.97 Å². The molecule has 0 aliphatic heterocycles. The molecule has 1 amide bonds. The van der Waals surface area contributed by atoms with Gasteiger partial charge in [0.2, 0.25) is 5.91 Å². The zero-order chi connectivity index (χ0) is 13.4. The van der Waals surface area contributed by atoms with E-state index in [0.717, 1.165) is 12.0 Å². The maximum atomic E-state index is 12.2. The van der Waals surface area contributed by atoms with Gasteiger partial charge in [-0.15, -0.1) is 0 Å². The van der Waals surface area contributed by atoms with E-state index in [0.29, 0.717) is 6.54 Å². The molecule has 4 atom stereocenters. The Bertz CT molecular complexity index is 520. The molecule has 0 radical (unpaired) electrons. The van der Waals surface area contributed by atoms with Crippen molar-refractivity contribution in [3.05, 3.63) is 36.3 Å². The van der Waals surface area contributed by atoms with Gasteiger partial charge in [0.15, 0.2) is 0 Å². The van der Waals surface area contributed by atoms with E-state index < -0.39 is 17.8 Å². The van der Waals surface area contributed by atoms with Crippen LogP contribution in [0.15, 0.2) is 35.2 Å². The van der Waals surface area contributed by atoms with Crippen molar-refractivity contribution in [3.63, 3.8) is 0 Å². The average molecular weight is 261 g/mol.